The molecule has 0 spiro atoms. The van der Waals surface area contributed by atoms with E-state index in [0.29, 0.717) is 0 Å². The molecule has 0 amide bonds. The quantitative estimate of drug-likeness (QED) is 0.194. The van der Waals surface area contributed by atoms with Gasteiger partial charge in [0.15, 0.2) is 0 Å². The van der Waals surface area contributed by atoms with Crippen molar-refractivity contribution in [3.63, 3.8) is 0 Å². The van der Waals surface area contributed by atoms with E-state index in [2.05, 4.69) is 120 Å². The molecule has 0 fully saturated rings. The second-order valence-electron chi connectivity index (χ2n) is 11.8. The zero-order valence-corrected chi connectivity index (χ0v) is 24.7. The summed E-state index contributed by atoms with van der Waals surface area (Å²) in [5.41, 5.74) is 6.99. The predicted molar refractivity (Wildman–Crippen MR) is 196 cm³/mol. The van der Waals surface area contributed by atoms with Crippen molar-refractivity contribution in [1.29, 1.82) is 0 Å². The summed E-state index contributed by atoms with van der Waals surface area (Å²) in [4.78, 5) is 0. The number of fused-ring (bicyclic) bond motifs is 9. The van der Waals surface area contributed by atoms with Crippen LogP contribution in [0.4, 0.5) is 0 Å². The standard InChI is InChI=1S/C44H28N2/c1-2-13-34(14-3-1)46-41-25-22-31-11-6-7-15-36(31)44(41)39-27-38-37-16-8-9-17-40(37)45(42(38)28-43(39)46)35-23-20-30(21-24-35)33-19-18-29-10-4-5-12-32(29)26-33/h1-28H/i1D,2D,3D,13D,14D. The van der Waals surface area contributed by atoms with Crippen molar-refractivity contribution in [3.8, 4) is 22.5 Å². The first kappa shape index (κ1) is 20.8. The highest BCUT2D eigenvalue weighted by Gasteiger charge is 2.19. The van der Waals surface area contributed by atoms with Crippen molar-refractivity contribution >= 4 is 65.2 Å². The van der Waals surface area contributed by atoms with Crippen LogP contribution in [-0.4, -0.2) is 9.13 Å². The Bertz CT molecular complexity index is 3050. The van der Waals surface area contributed by atoms with Crippen LogP contribution in [0.25, 0.3) is 87.7 Å². The minimum absolute atomic E-state index is 0.137. The third kappa shape index (κ3) is 3.65. The third-order valence-corrected chi connectivity index (χ3v) is 9.37. The average molecular weight is 590 g/mol. The van der Waals surface area contributed by atoms with Crippen LogP contribution in [0.1, 0.15) is 6.85 Å². The smallest absolute Gasteiger partial charge is 0.0645 e. The molecular weight excluding hydrogens is 556 g/mol. The summed E-state index contributed by atoms with van der Waals surface area (Å²) < 4.78 is 47.4. The molecule has 2 heterocycles. The lowest BCUT2D eigenvalue weighted by Gasteiger charge is -2.11. The minimum atomic E-state index is -0.408. The Morgan fingerprint density at radius 3 is 1.87 bits per heavy atom. The normalized spacial score (nSPS) is 13.4. The van der Waals surface area contributed by atoms with Crippen molar-refractivity contribution in [2.24, 2.45) is 0 Å². The Labute approximate surface area is 273 Å². The van der Waals surface area contributed by atoms with Crippen LogP contribution in [0.5, 0.6) is 0 Å². The number of nitrogens with zero attached hydrogens (tertiary/aromatic N) is 2. The lowest BCUT2D eigenvalue weighted by Crippen LogP contribution is -1.96. The van der Waals surface area contributed by atoms with E-state index >= 15 is 0 Å². The van der Waals surface area contributed by atoms with Crippen LogP contribution < -0.4 is 0 Å². The highest BCUT2D eigenvalue weighted by Crippen LogP contribution is 2.42. The van der Waals surface area contributed by atoms with Gasteiger partial charge in [0, 0.05) is 32.9 Å². The first-order valence-corrected chi connectivity index (χ1v) is 15.4. The van der Waals surface area contributed by atoms with Gasteiger partial charge in [-0.25, -0.2) is 0 Å². The van der Waals surface area contributed by atoms with Crippen molar-refractivity contribution in [3.05, 3.63) is 170 Å². The third-order valence-electron chi connectivity index (χ3n) is 9.37. The van der Waals surface area contributed by atoms with E-state index in [1.54, 1.807) is 0 Å². The van der Waals surface area contributed by atoms with Gasteiger partial charge in [0.2, 0.25) is 0 Å². The maximum Gasteiger partial charge on any atom is 0.0645 e. The molecule has 0 N–H and O–H groups in total. The van der Waals surface area contributed by atoms with E-state index in [9.17, 15) is 0 Å². The van der Waals surface area contributed by atoms with Crippen molar-refractivity contribution in [2.75, 3.05) is 0 Å². The maximum absolute atomic E-state index is 8.99. The van der Waals surface area contributed by atoms with E-state index in [4.69, 9.17) is 6.85 Å². The molecular formula is C44H28N2. The fraction of sp³-hybridized carbons (Fsp3) is 0. The van der Waals surface area contributed by atoms with Gasteiger partial charge >= 0.3 is 0 Å². The molecule has 0 bridgehead atoms. The van der Waals surface area contributed by atoms with Crippen molar-refractivity contribution < 1.29 is 6.85 Å². The van der Waals surface area contributed by atoms with Crippen LogP contribution in [0, 0.1) is 0 Å². The maximum atomic E-state index is 8.99. The van der Waals surface area contributed by atoms with E-state index in [1.165, 1.54) is 10.8 Å². The fourth-order valence-electron chi connectivity index (χ4n) is 7.29. The lowest BCUT2D eigenvalue weighted by atomic mass is 10.0. The SMILES string of the molecule is [2H]c1c([2H])c([2H])c(-n2c3cc4c(cc3c3c5ccccc5ccc32)c2ccccc2n4-c2ccc(-c3ccc4ccccc4c3)cc2)c([2H])c1[2H]. The number of hydrogen-bond donors (Lipinski definition) is 0. The number of para-hydroxylation sites is 2. The summed E-state index contributed by atoms with van der Waals surface area (Å²) in [5, 5.41) is 8.64. The summed E-state index contributed by atoms with van der Waals surface area (Å²) in [6.45, 7) is 0. The molecule has 0 aliphatic heterocycles. The van der Waals surface area contributed by atoms with Gasteiger partial charge in [-0.1, -0.05) is 115 Å². The summed E-state index contributed by atoms with van der Waals surface area (Å²) in [6, 6.07) is 46.9. The number of aromatic nitrogens is 2. The summed E-state index contributed by atoms with van der Waals surface area (Å²) in [5.74, 6) is 0. The van der Waals surface area contributed by atoms with Crippen molar-refractivity contribution in [1.82, 2.24) is 9.13 Å². The van der Waals surface area contributed by atoms with Gasteiger partial charge in [-0.15, -0.1) is 0 Å². The Kier molecular flexibility index (Phi) is 4.37. The van der Waals surface area contributed by atoms with Crippen LogP contribution in [0.15, 0.2) is 170 Å². The first-order valence-electron chi connectivity index (χ1n) is 17.9. The van der Waals surface area contributed by atoms with Gasteiger partial charge in [0.25, 0.3) is 0 Å². The Morgan fingerprint density at radius 2 is 1.02 bits per heavy atom. The zero-order chi connectivity index (χ0) is 34.5. The second kappa shape index (κ2) is 9.69. The molecule has 46 heavy (non-hydrogen) atoms. The monoisotopic (exact) mass is 589 g/mol. The molecule has 2 heteroatoms. The van der Waals surface area contributed by atoms with Gasteiger partial charge in [0.05, 0.1) is 28.9 Å². The van der Waals surface area contributed by atoms with Gasteiger partial charge in [-0.2, -0.15) is 0 Å². The van der Waals surface area contributed by atoms with E-state index < -0.39 is 6.04 Å². The summed E-state index contributed by atoms with van der Waals surface area (Å²) in [6.07, 6.45) is 0. The van der Waals surface area contributed by atoms with E-state index in [1.807, 2.05) is 28.8 Å². The zero-order valence-electron chi connectivity index (χ0n) is 29.7. The predicted octanol–water partition coefficient (Wildman–Crippen LogP) is 11.9. The van der Waals surface area contributed by atoms with Gasteiger partial charge in [-0.05, 0) is 87.2 Å². The van der Waals surface area contributed by atoms with Gasteiger partial charge < -0.3 is 9.13 Å². The Morgan fingerprint density at radius 1 is 0.370 bits per heavy atom. The van der Waals surface area contributed by atoms with Gasteiger partial charge in [-0.3, -0.25) is 0 Å². The highest BCUT2D eigenvalue weighted by molar-refractivity contribution is 6.25. The summed E-state index contributed by atoms with van der Waals surface area (Å²) in [7, 11) is 0. The van der Waals surface area contributed by atoms with Crippen LogP contribution in [-0.2, 0) is 0 Å². The Balaban J connectivity index is 1.29. The second-order valence-corrected chi connectivity index (χ2v) is 11.8. The molecule has 10 rings (SSSR count). The molecule has 0 saturated heterocycles. The molecule has 0 aliphatic rings. The van der Waals surface area contributed by atoms with Gasteiger partial charge in [0.1, 0.15) is 0 Å². The van der Waals surface area contributed by atoms with E-state index in [-0.39, 0.29) is 29.9 Å². The summed E-state index contributed by atoms with van der Waals surface area (Å²) >= 11 is 0. The number of rotatable bonds is 3. The first-order chi connectivity index (χ1) is 24.9. The number of hydrogen-bond acceptors (Lipinski definition) is 0. The average Bonchev–Trinajstić information content (AvgIpc) is 3.67. The topological polar surface area (TPSA) is 9.86 Å². The van der Waals surface area contributed by atoms with Crippen LogP contribution in [0.2, 0.25) is 0 Å². The minimum Gasteiger partial charge on any atom is -0.309 e. The van der Waals surface area contributed by atoms with E-state index in [0.717, 1.165) is 71.2 Å². The molecule has 0 unspecified atom stereocenters. The molecule has 0 aliphatic carbocycles. The highest BCUT2D eigenvalue weighted by atomic mass is 15.0. The molecule has 0 radical (unpaired) electrons. The molecule has 2 nitrogen and oxygen atoms in total. The van der Waals surface area contributed by atoms with Crippen LogP contribution in [0.3, 0.4) is 0 Å². The number of benzene rings is 8. The molecule has 0 atom stereocenters. The fourth-order valence-corrected chi connectivity index (χ4v) is 7.29. The lowest BCUT2D eigenvalue weighted by molar-refractivity contribution is 1.16. The molecule has 0 saturated carbocycles. The molecule has 2 aromatic heterocycles. The van der Waals surface area contributed by atoms with Crippen molar-refractivity contribution in [2.45, 2.75) is 0 Å². The largest absolute Gasteiger partial charge is 0.309 e. The Hall–Kier alpha value is -6.12. The molecule has 214 valence electrons. The van der Waals surface area contributed by atoms with Crippen LogP contribution >= 0.6 is 0 Å². The molecule has 8 aromatic carbocycles. The molecule has 10 aromatic rings.